The Morgan fingerprint density at radius 1 is 0.800 bits per heavy atom. The first kappa shape index (κ1) is 30.3. The number of carbonyl (C=O) groups excluding carboxylic acids is 3. The van der Waals surface area contributed by atoms with Crippen LogP contribution in [0.4, 0.5) is 0 Å². The van der Waals surface area contributed by atoms with Gasteiger partial charge >= 0.3 is 0 Å². The van der Waals surface area contributed by atoms with Gasteiger partial charge in [0.05, 0.1) is 17.9 Å². The highest BCUT2D eigenvalue weighted by Crippen LogP contribution is 2.28. The minimum atomic E-state index is -0.468. The Kier molecular flexibility index (Phi) is 9.06. The summed E-state index contributed by atoms with van der Waals surface area (Å²) in [6.07, 6.45) is 5.65. The SMILES string of the molecule is CC(=O)N1CCn2c(-c3ccccc3)nc(C(=O)NC3CCCCC3)c2C1.NC(=O)c1nc(-c2ccccc2)n2c1CNCC2. The van der Waals surface area contributed by atoms with Crippen molar-refractivity contribution in [3.8, 4) is 22.8 Å². The highest BCUT2D eigenvalue weighted by atomic mass is 16.2. The zero-order chi connectivity index (χ0) is 31.3. The van der Waals surface area contributed by atoms with Gasteiger partial charge in [0.2, 0.25) is 5.91 Å². The number of hydrogen-bond acceptors (Lipinski definition) is 6. The molecular formula is C34H40N8O3. The van der Waals surface area contributed by atoms with Gasteiger partial charge in [0.15, 0.2) is 11.4 Å². The summed E-state index contributed by atoms with van der Waals surface area (Å²) in [5, 5.41) is 6.41. The molecule has 0 bridgehead atoms. The van der Waals surface area contributed by atoms with E-state index in [2.05, 4.69) is 24.8 Å². The van der Waals surface area contributed by atoms with Gasteiger partial charge in [-0.1, -0.05) is 79.9 Å². The van der Waals surface area contributed by atoms with Gasteiger partial charge in [-0.2, -0.15) is 0 Å². The topological polar surface area (TPSA) is 140 Å². The number of nitrogens with zero attached hydrogens (tertiary/aromatic N) is 5. The lowest BCUT2D eigenvalue weighted by atomic mass is 9.95. The first-order valence-electron chi connectivity index (χ1n) is 15.8. The van der Waals surface area contributed by atoms with Crippen LogP contribution in [0.3, 0.4) is 0 Å². The van der Waals surface area contributed by atoms with E-state index in [9.17, 15) is 14.4 Å². The number of benzene rings is 2. The first-order valence-corrected chi connectivity index (χ1v) is 15.8. The molecule has 11 heteroatoms. The van der Waals surface area contributed by atoms with Crippen molar-refractivity contribution >= 4 is 17.7 Å². The molecule has 2 aliphatic heterocycles. The zero-order valence-corrected chi connectivity index (χ0v) is 25.7. The molecule has 3 aliphatic rings. The minimum Gasteiger partial charge on any atom is -0.364 e. The zero-order valence-electron chi connectivity index (χ0n) is 25.7. The molecule has 0 saturated heterocycles. The highest BCUT2D eigenvalue weighted by molar-refractivity contribution is 5.95. The number of rotatable bonds is 5. The maximum Gasteiger partial charge on any atom is 0.272 e. The van der Waals surface area contributed by atoms with Gasteiger partial charge in [0.1, 0.15) is 11.6 Å². The molecule has 4 N–H and O–H groups in total. The first-order chi connectivity index (χ1) is 21.9. The van der Waals surface area contributed by atoms with Crippen LogP contribution in [0.5, 0.6) is 0 Å². The molecule has 4 heterocycles. The molecule has 0 unspecified atom stereocenters. The summed E-state index contributed by atoms with van der Waals surface area (Å²) in [7, 11) is 0. The number of primary amides is 1. The van der Waals surface area contributed by atoms with Crippen molar-refractivity contribution in [2.24, 2.45) is 5.73 Å². The molecule has 4 aromatic rings. The average molecular weight is 609 g/mol. The second-order valence-electron chi connectivity index (χ2n) is 11.8. The number of hydrogen-bond donors (Lipinski definition) is 3. The molecule has 1 saturated carbocycles. The summed E-state index contributed by atoms with van der Waals surface area (Å²) in [4.78, 5) is 47.3. The molecule has 45 heavy (non-hydrogen) atoms. The number of fused-ring (bicyclic) bond motifs is 2. The van der Waals surface area contributed by atoms with Gasteiger partial charge in [0, 0.05) is 56.8 Å². The molecule has 0 radical (unpaired) electrons. The van der Waals surface area contributed by atoms with Gasteiger partial charge in [0.25, 0.3) is 11.8 Å². The number of aromatic nitrogens is 4. The fourth-order valence-corrected chi connectivity index (χ4v) is 6.44. The monoisotopic (exact) mass is 608 g/mol. The molecule has 1 aliphatic carbocycles. The molecule has 2 aromatic heterocycles. The van der Waals surface area contributed by atoms with Crippen molar-refractivity contribution in [3.05, 3.63) is 83.4 Å². The van der Waals surface area contributed by atoms with Crippen molar-refractivity contribution in [1.29, 1.82) is 0 Å². The quantitative estimate of drug-likeness (QED) is 0.316. The van der Waals surface area contributed by atoms with Gasteiger partial charge in [-0.05, 0) is 12.8 Å². The van der Waals surface area contributed by atoms with E-state index in [1.807, 2.05) is 60.7 Å². The summed E-state index contributed by atoms with van der Waals surface area (Å²) in [6.45, 7) is 5.62. The number of nitrogens with one attached hydrogen (secondary N) is 2. The Balaban J connectivity index is 0.000000172. The van der Waals surface area contributed by atoms with Crippen LogP contribution in [0, 0.1) is 0 Å². The number of carbonyl (C=O) groups is 3. The largest absolute Gasteiger partial charge is 0.364 e. The van der Waals surface area contributed by atoms with Crippen LogP contribution in [0.1, 0.15) is 71.4 Å². The second kappa shape index (κ2) is 13.5. The van der Waals surface area contributed by atoms with Crippen LogP contribution in [0.15, 0.2) is 60.7 Å². The van der Waals surface area contributed by atoms with Gasteiger partial charge < -0.3 is 30.4 Å². The van der Waals surface area contributed by atoms with Crippen molar-refractivity contribution in [3.63, 3.8) is 0 Å². The summed E-state index contributed by atoms with van der Waals surface area (Å²) in [5.41, 5.74) is 9.94. The molecule has 3 amide bonds. The molecular weight excluding hydrogens is 568 g/mol. The third-order valence-corrected chi connectivity index (χ3v) is 8.78. The summed E-state index contributed by atoms with van der Waals surface area (Å²) in [6, 6.07) is 20.0. The molecule has 1 fully saturated rings. The maximum absolute atomic E-state index is 13.0. The fraction of sp³-hybridized carbons (Fsp3) is 0.382. The Morgan fingerprint density at radius 3 is 2.00 bits per heavy atom. The Labute approximate surface area is 262 Å². The van der Waals surface area contributed by atoms with Crippen molar-refractivity contribution in [2.45, 2.75) is 71.2 Å². The predicted molar refractivity (Wildman–Crippen MR) is 171 cm³/mol. The van der Waals surface area contributed by atoms with E-state index >= 15 is 0 Å². The van der Waals surface area contributed by atoms with Crippen LogP contribution in [-0.2, 0) is 31.0 Å². The highest BCUT2D eigenvalue weighted by Gasteiger charge is 2.30. The predicted octanol–water partition coefficient (Wildman–Crippen LogP) is 3.73. The van der Waals surface area contributed by atoms with Crippen LogP contribution < -0.4 is 16.4 Å². The maximum atomic E-state index is 13.0. The van der Waals surface area contributed by atoms with E-state index in [4.69, 9.17) is 10.7 Å². The lowest BCUT2D eigenvalue weighted by Gasteiger charge is -2.29. The summed E-state index contributed by atoms with van der Waals surface area (Å²) in [5.74, 6) is 1.08. The van der Waals surface area contributed by atoms with E-state index in [0.717, 1.165) is 60.1 Å². The van der Waals surface area contributed by atoms with E-state index in [1.165, 1.54) is 19.3 Å². The van der Waals surface area contributed by atoms with E-state index < -0.39 is 5.91 Å². The normalized spacial score (nSPS) is 16.2. The molecule has 11 nitrogen and oxygen atoms in total. The summed E-state index contributed by atoms with van der Waals surface area (Å²) >= 11 is 0. The Hall–Kier alpha value is -4.77. The molecule has 234 valence electrons. The van der Waals surface area contributed by atoms with Crippen molar-refractivity contribution < 1.29 is 14.4 Å². The number of imidazole rings is 2. The second-order valence-corrected chi connectivity index (χ2v) is 11.8. The van der Waals surface area contributed by atoms with Crippen molar-refractivity contribution in [1.82, 2.24) is 34.6 Å². The van der Waals surface area contributed by atoms with Crippen LogP contribution in [0.25, 0.3) is 22.8 Å². The molecule has 0 spiro atoms. The lowest BCUT2D eigenvalue weighted by Crippen LogP contribution is -2.40. The van der Waals surface area contributed by atoms with Crippen molar-refractivity contribution in [2.75, 3.05) is 13.1 Å². The molecule has 0 atom stereocenters. The fourth-order valence-electron chi connectivity index (χ4n) is 6.44. The Bertz CT molecular complexity index is 1670. The van der Waals surface area contributed by atoms with Crippen LogP contribution >= 0.6 is 0 Å². The van der Waals surface area contributed by atoms with Crippen LogP contribution in [-0.4, -0.2) is 60.9 Å². The van der Waals surface area contributed by atoms with E-state index in [-0.39, 0.29) is 17.9 Å². The van der Waals surface area contributed by atoms with Gasteiger partial charge in [-0.15, -0.1) is 0 Å². The third-order valence-electron chi connectivity index (χ3n) is 8.78. The van der Waals surface area contributed by atoms with Gasteiger partial charge in [-0.25, -0.2) is 9.97 Å². The molecule has 2 aromatic carbocycles. The third kappa shape index (κ3) is 6.53. The average Bonchev–Trinajstić information content (AvgIpc) is 3.66. The lowest BCUT2D eigenvalue weighted by molar-refractivity contribution is -0.130. The smallest absolute Gasteiger partial charge is 0.272 e. The standard InChI is InChI=1S/C21H26N4O2.C13H14N4O/c1-15(26)24-12-13-25-18(14-24)19(21(27)22-17-10-6-3-7-11-17)23-20(25)16-8-4-2-5-9-16;14-12(18)11-10-8-15-6-7-17(10)13(16-11)9-4-2-1-3-5-9/h2,4-5,8-9,17H,3,6-7,10-14H2,1H3,(H,22,27);1-5,15H,6-8H2,(H2,14,18). The van der Waals surface area contributed by atoms with E-state index in [0.29, 0.717) is 37.6 Å². The minimum absolute atomic E-state index is 0.0300. The number of amides is 3. The van der Waals surface area contributed by atoms with E-state index in [1.54, 1.807) is 11.8 Å². The van der Waals surface area contributed by atoms with Gasteiger partial charge in [-0.3, -0.25) is 14.4 Å². The van der Waals surface area contributed by atoms with Crippen LogP contribution in [0.2, 0.25) is 0 Å². The number of nitrogens with two attached hydrogens (primary N) is 1. The molecule has 7 rings (SSSR count). The summed E-state index contributed by atoms with van der Waals surface area (Å²) < 4.78 is 4.18. The Morgan fingerprint density at radius 2 is 1.40 bits per heavy atom.